The molecule has 0 saturated carbocycles. The lowest BCUT2D eigenvalue weighted by Crippen LogP contribution is -2.51. The molecule has 2 aliphatic rings. The Morgan fingerprint density at radius 3 is 2.50 bits per heavy atom. The summed E-state index contributed by atoms with van der Waals surface area (Å²) in [4.78, 5) is 42.1. The summed E-state index contributed by atoms with van der Waals surface area (Å²) in [5.74, 6) is 0.0575. The van der Waals surface area contributed by atoms with Gasteiger partial charge >= 0.3 is 0 Å². The Hall–Kier alpha value is -3.87. The van der Waals surface area contributed by atoms with E-state index in [0.717, 1.165) is 11.3 Å². The van der Waals surface area contributed by atoms with Crippen LogP contribution >= 0.6 is 0 Å². The zero-order valence-corrected chi connectivity index (χ0v) is 16.1. The minimum atomic E-state index is -0.632. The van der Waals surface area contributed by atoms with Crippen molar-refractivity contribution in [3.05, 3.63) is 89.4 Å². The summed E-state index contributed by atoms with van der Waals surface area (Å²) in [6, 6.07) is 17.9. The van der Waals surface area contributed by atoms with Crippen molar-refractivity contribution < 1.29 is 18.8 Å². The molecule has 1 atom stereocenters. The normalized spacial score (nSPS) is 16.9. The van der Waals surface area contributed by atoms with Crippen LogP contribution in [0.15, 0.2) is 71.3 Å². The molecular formula is C23H19N3O4. The fourth-order valence-electron chi connectivity index (χ4n) is 4.12. The number of rotatable bonds is 5. The Morgan fingerprint density at radius 2 is 1.70 bits per heavy atom. The predicted molar refractivity (Wildman–Crippen MR) is 109 cm³/mol. The molecule has 7 nitrogen and oxygen atoms in total. The Bertz CT molecular complexity index is 1140. The van der Waals surface area contributed by atoms with Crippen LogP contribution in [0, 0.1) is 0 Å². The fraction of sp³-hybridized carbons (Fsp3) is 0.174. The second-order valence-electron chi connectivity index (χ2n) is 7.27. The van der Waals surface area contributed by atoms with Gasteiger partial charge in [0.15, 0.2) is 0 Å². The van der Waals surface area contributed by atoms with E-state index >= 15 is 0 Å². The number of benzene rings is 2. The standard InChI is InChI=1S/C23H19N3O4/c27-20(24-12-11-15-6-5-13-30-15)14-25-21-16-7-1-2-8-17(16)23(29)26(21)19-10-4-3-9-18(19)22(25)28/h1-10,13,21H,11-12,14H2,(H,24,27)/t21-/m0/s1. The number of hydrogen-bond acceptors (Lipinski definition) is 4. The van der Waals surface area contributed by atoms with Gasteiger partial charge in [-0.15, -0.1) is 0 Å². The zero-order chi connectivity index (χ0) is 20.7. The topological polar surface area (TPSA) is 82.9 Å². The van der Waals surface area contributed by atoms with Gasteiger partial charge in [0.05, 0.1) is 17.5 Å². The van der Waals surface area contributed by atoms with E-state index in [4.69, 9.17) is 4.42 Å². The van der Waals surface area contributed by atoms with E-state index in [1.807, 2.05) is 18.2 Å². The molecule has 0 aliphatic carbocycles. The van der Waals surface area contributed by atoms with Crippen LogP contribution in [-0.2, 0) is 11.2 Å². The van der Waals surface area contributed by atoms with Crippen molar-refractivity contribution in [1.29, 1.82) is 0 Å². The molecule has 0 bridgehead atoms. The average Bonchev–Trinajstić information content (AvgIpc) is 3.38. The van der Waals surface area contributed by atoms with Gasteiger partial charge in [-0.05, 0) is 30.3 Å². The number of carbonyl (C=O) groups is 3. The van der Waals surface area contributed by atoms with E-state index in [9.17, 15) is 14.4 Å². The van der Waals surface area contributed by atoms with Crippen LogP contribution < -0.4 is 10.2 Å². The minimum absolute atomic E-state index is 0.145. The van der Waals surface area contributed by atoms with Crippen LogP contribution in [0.3, 0.4) is 0 Å². The molecule has 3 amide bonds. The third kappa shape index (κ3) is 2.86. The van der Waals surface area contributed by atoms with Crippen molar-refractivity contribution in [2.45, 2.75) is 12.6 Å². The lowest BCUT2D eigenvalue weighted by atomic mass is 10.0. The molecule has 0 radical (unpaired) electrons. The average molecular weight is 401 g/mol. The summed E-state index contributed by atoms with van der Waals surface area (Å²) >= 11 is 0. The molecule has 0 unspecified atom stereocenters. The molecule has 7 heteroatoms. The molecule has 1 aromatic heterocycles. The number of fused-ring (bicyclic) bond motifs is 5. The molecule has 150 valence electrons. The molecule has 3 heterocycles. The van der Waals surface area contributed by atoms with Crippen molar-refractivity contribution in [3.63, 3.8) is 0 Å². The van der Waals surface area contributed by atoms with Crippen LogP contribution in [-0.4, -0.2) is 35.7 Å². The van der Waals surface area contributed by atoms with Gasteiger partial charge < -0.3 is 14.6 Å². The van der Waals surface area contributed by atoms with Crippen molar-refractivity contribution in [2.24, 2.45) is 0 Å². The number of para-hydroxylation sites is 1. The summed E-state index contributed by atoms with van der Waals surface area (Å²) in [6.45, 7) is 0.253. The molecule has 30 heavy (non-hydrogen) atoms. The van der Waals surface area contributed by atoms with E-state index in [-0.39, 0.29) is 24.3 Å². The second kappa shape index (κ2) is 7.18. The van der Waals surface area contributed by atoms with Crippen molar-refractivity contribution in [2.75, 3.05) is 18.0 Å². The number of amides is 3. The third-order valence-corrected chi connectivity index (χ3v) is 5.47. The highest BCUT2D eigenvalue weighted by Gasteiger charge is 2.47. The van der Waals surface area contributed by atoms with Crippen LogP contribution in [0.5, 0.6) is 0 Å². The molecular weight excluding hydrogens is 382 g/mol. The number of nitrogens with one attached hydrogen (secondary N) is 1. The maximum atomic E-state index is 13.3. The molecule has 2 aliphatic heterocycles. The van der Waals surface area contributed by atoms with Gasteiger partial charge in [-0.1, -0.05) is 30.3 Å². The van der Waals surface area contributed by atoms with Gasteiger partial charge in [0, 0.05) is 24.1 Å². The Balaban J connectivity index is 1.43. The van der Waals surface area contributed by atoms with Gasteiger partial charge in [0.25, 0.3) is 11.8 Å². The number of carbonyl (C=O) groups excluding carboxylic acids is 3. The Morgan fingerprint density at radius 1 is 0.933 bits per heavy atom. The van der Waals surface area contributed by atoms with Crippen LogP contribution in [0.2, 0.25) is 0 Å². The van der Waals surface area contributed by atoms with E-state index in [2.05, 4.69) is 5.32 Å². The fourth-order valence-corrected chi connectivity index (χ4v) is 4.12. The van der Waals surface area contributed by atoms with Crippen molar-refractivity contribution in [1.82, 2.24) is 10.2 Å². The molecule has 0 saturated heterocycles. The second-order valence-corrected chi connectivity index (χ2v) is 7.27. The highest BCUT2D eigenvalue weighted by molar-refractivity contribution is 6.17. The maximum absolute atomic E-state index is 13.3. The monoisotopic (exact) mass is 401 g/mol. The van der Waals surface area contributed by atoms with E-state index in [1.54, 1.807) is 53.6 Å². The van der Waals surface area contributed by atoms with Crippen LogP contribution in [0.25, 0.3) is 0 Å². The molecule has 1 N–H and O–H groups in total. The predicted octanol–water partition coefficient (Wildman–Crippen LogP) is 2.75. The largest absolute Gasteiger partial charge is 0.469 e. The van der Waals surface area contributed by atoms with E-state index in [1.165, 1.54) is 4.90 Å². The van der Waals surface area contributed by atoms with E-state index in [0.29, 0.717) is 29.8 Å². The molecule has 3 aromatic rings. The van der Waals surface area contributed by atoms with E-state index < -0.39 is 6.17 Å². The van der Waals surface area contributed by atoms with Gasteiger partial charge in [-0.3, -0.25) is 19.3 Å². The lowest BCUT2D eigenvalue weighted by Gasteiger charge is -2.40. The van der Waals surface area contributed by atoms with Gasteiger partial charge in [0.1, 0.15) is 18.5 Å². The van der Waals surface area contributed by atoms with Crippen LogP contribution in [0.1, 0.15) is 38.2 Å². The molecule has 0 fully saturated rings. The lowest BCUT2D eigenvalue weighted by molar-refractivity contribution is -0.122. The van der Waals surface area contributed by atoms with Gasteiger partial charge in [-0.2, -0.15) is 0 Å². The van der Waals surface area contributed by atoms with Crippen molar-refractivity contribution >= 4 is 23.4 Å². The highest BCUT2D eigenvalue weighted by atomic mass is 16.3. The highest BCUT2D eigenvalue weighted by Crippen LogP contribution is 2.44. The smallest absolute Gasteiger partial charge is 0.260 e. The number of hydrogen-bond donors (Lipinski definition) is 1. The van der Waals surface area contributed by atoms with Crippen molar-refractivity contribution in [3.8, 4) is 0 Å². The Labute approximate surface area is 172 Å². The Kier molecular flexibility index (Phi) is 4.35. The van der Waals surface area contributed by atoms with Gasteiger partial charge in [0.2, 0.25) is 5.91 Å². The summed E-state index contributed by atoms with van der Waals surface area (Å²) in [6.07, 6.45) is 1.52. The summed E-state index contributed by atoms with van der Waals surface area (Å²) < 4.78 is 5.27. The zero-order valence-electron chi connectivity index (χ0n) is 16.1. The first-order valence-corrected chi connectivity index (χ1v) is 9.77. The summed E-state index contributed by atoms with van der Waals surface area (Å²) in [5, 5.41) is 2.83. The summed E-state index contributed by atoms with van der Waals surface area (Å²) in [5.41, 5.74) is 2.27. The number of nitrogens with zero attached hydrogens (tertiary/aromatic N) is 2. The van der Waals surface area contributed by atoms with Crippen LogP contribution in [0.4, 0.5) is 5.69 Å². The maximum Gasteiger partial charge on any atom is 0.260 e. The summed E-state index contributed by atoms with van der Waals surface area (Å²) in [7, 11) is 0. The molecule has 0 spiro atoms. The minimum Gasteiger partial charge on any atom is -0.469 e. The third-order valence-electron chi connectivity index (χ3n) is 5.47. The quantitative estimate of drug-likeness (QED) is 0.713. The first-order valence-electron chi connectivity index (χ1n) is 9.77. The molecule has 2 aromatic carbocycles. The molecule has 5 rings (SSSR count). The SMILES string of the molecule is O=C(CN1C(=O)c2ccccc2N2C(=O)c3ccccc3[C@@H]12)NCCc1ccco1. The first kappa shape index (κ1) is 18.2. The first-order chi connectivity index (χ1) is 14.6. The number of furan rings is 1. The van der Waals surface area contributed by atoms with Gasteiger partial charge in [-0.25, -0.2) is 0 Å². The number of anilines is 1.